The topological polar surface area (TPSA) is 108 Å². The quantitative estimate of drug-likeness (QED) is 0.242. The molecule has 234 valence electrons. The van der Waals surface area contributed by atoms with E-state index in [-0.39, 0.29) is 17.4 Å². The van der Waals surface area contributed by atoms with E-state index in [1.165, 1.54) is 11.1 Å². The van der Waals surface area contributed by atoms with E-state index in [9.17, 15) is 18.0 Å². The van der Waals surface area contributed by atoms with Crippen LogP contribution < -0.4 is 5.32 Å². The highest BCUT2D eigenvalue weighted by atomic mass is 19.4. The van der Waals surface area contributed by atoms with E-state index in [1.54, 1.807) is 0 Å². The van der Waals surface area contributed by atoms with Crippen LogP contribution in [-0.2, 0) is 25.3 Å². The van der Waals surface area contributed by atoms with Crippen molar-refractivity contribution in [3.05, 3.63) is 94.7 Å². The Kier molecular flexibility index (Phi) is 7.78. The lowest BCUT2D eigenvalue weighted by Crippen LogP contribution is -2.47. The van der Waals surface area contributed by atoms with Crippen LogP contribution in [0.2, 0.25) is 0 Å². The number of benzene rings is 3. The number of halogens is 3. The fraction of sp³-hybridized carbons (Fsp3) is 0.324. The van der Waals surface area contributed by atoms with Gasteiger partial charge in [-0.3, -0.25) is 14.8 Å². The van der Waals surface area contributed by atoms with Crippen LogP contribution in [0.5, 0.6) is 0 Å². The monoisotopic (exact) mass is 618 g/mol. The van der Waals surface area contributed by atoms with Gasteiger partial charge < -0.3 is 15.2 Å². The van der Waals surface area contributed by atoms with E-state index >= 15 is 0 Å². The number of fused-ring (bicyclic) bond motifs is 3. The first-order valence-electron chi connectivity index (χ1n) is 14.7. The summed E-state index contributed by atoms with van der Waals surface area (Å²) in [6.07, 6.45) is -0.0504. The number of alkyl halides is 3. The number of morpholine rings is 1. The fourth-order valence-electron chi connectivity index (χ4n) is 6.44. The normalized spacial score (nSPS) is 21.4. The van der Waals surface area contributed by atoms with Crippen molar-refractivity contribution in [2.45, 2.75) is 43.3 Å². The fourth-order valence-corrected chi connectivity index (χ4v) is 6.44. The largest absolute Gasteiger partial charge is 0.490 e. The Bertz CT molecular complexity index is 1770. The molecule has 3 aliphatic rings. The van der Waals surface area contributed by atoms with Crippen LogP contribution in [0.4, 0.5) is 18.9 Å². The zero-order valence-electron chi connectivity index (χ0n) is 24.8. The average Bonchev–Trinajstić information content (AvgIpc) is 3.56. The molecule has 0 bridgehead atoms. The van der Waals surface area contributed by atoms with Gasteiger partial charge in [0.1, 0.15) is 0 Å². The van der Waals surface area contributed by atoms with E-state index in [0.29, 0.717) is 0 Å². The standard InChI is InChI=1S/C32H32N4O2.C2HF3O2/c1-31(2,36-15-17-38-18-16-36)23-11-7-21(8-12-23)9-14-27-24-13-10-22(19-29(24)35-34-27)26-20-32(26)25-5-3-4-6-28(25)33-30(32)37;3-2(4,5)1(6)7/h3-14,19,26H,15-18,20H2,1-2H3,(H,33,37)(H,34,35);(H,6,7)/t26-,32-;/m0./s1. The predicted octanol–water partition coefficient (Wildman–Crippen LogP) is 6.31. The molecule has 1 amide bonds. The number of hydrogen-bond donors (Lipinski definition) is 3. The Morgan fingerprint density at radius 1 is 1.04 bits per heavy atom. The lowest BCUT2D eigenvalue weighted by Gasteiger charge is -2.41. The number of aromatic nitrogens is 2. The number of amides is 1. The van der Waals surface area contributed by atoms with Crippen molar-refractivity contribution in [3.8, 4) is 0 Å². The highest BCUT2D eigenvalue weighted by Gasteiger charge is 2.65. The van der Waals surface area contributed by atoms with Gasteiger partial charge in [0.25, 0.3) is 0 Å². The molecular formula is C34H33F3N4O4. The molecule has 3 heterocycles. The zero-order valence-corrected chi connectivity index (χ0v) is 24.8. The van der Waals surface area contributed by atoms with Gasteiger partial charge in [-0.2, -0.15) is 18.3 Å². The summed E-state index contributed by atoms with van der Waals surface area (Å²) in [5.74, 6) is -2.44. The number of rotatable bonds is 5. The molecule has 2 atom stereocenters. The summed E-state index contributed by atoms with van der Waals surface area (Å²) in [6.45, 7) is 8.10. The number of carbonyl (C=O) groups is 2. The number of aliphatic carboxylic acids is 1. The molecule has 4 aromatic rings. The van der Waals surface area contributed by atoms with Crippen LogP contribution in [0.25, 0.3) is 23.1 Å². The summed E-state index contributed by atoms with van der Waals surface area (Å²) in [4.78, 5) is 24.3. The molecule has 1 saturated carbocycles. The number of hydrogen-bond acceptors (Lipinski definition) is 5. The molecule has 11 heteroatoms. The molecule has 45 heavy (non-hydrogen) atoms. The zero-order chi connectivity index (χ0) is 32.0. The van der Waals surface area contributed by atoms with Crippen molar-refractivity contribution >= 4 is 40.6 Å². The molecule has 0 unspecified atom stereocenters. The van der Waals surface area contributed by atoms with Gasteiger partial charge in [0.05, 0.1) is 29.8 Å². The van der Waals surface area contributed by atoms with Gasteiger partial charge in [-0.1, -0.05) is 60.7 Å². The third-order valence-electron chi connectivity index (χ3n) is 9.14. The maximum atomic E-state index is 12.9. The molecule has 0 radical (unpaired) electrons. The number of anilines is 1. The van der Waals surface area contributed by atoms with Gasteiger partial charge in [-0.15, -0.1) is 0 Å². The average molecular weight is 619 g/mol. The molecule has 1 aliphatic carbocycles. The Morgan fingerprint density at radius 2 is 1.73 bits per heavy atom. The van der Waals surface area contributed by atoms with Crippen LogP contribution in [-0.4, -0.2) is 64.6 Å². The first-order valence-corrected chi connectivity index (χ1v) is 14.7. The molecule has 1 saturated heterocycles. The predicted molar refractivity (Wildman–Crippen MR) is 165 cm³/mol. The smallest absolute Gasteiger partial charge is 0.475 e. The number of carboxylic acid groups (broad SMARTS) is 1. The van der Waals surface area contributed by atoms with Crippen LogP contribution in [0, 0.1) is 0 Å². The lowest BCUT2D eigenvalue weighted by molar-refractivity contribution is -0.192. The molecule has 8 nitrogen and oxygen atoms in total. The van der Waals surface area contributed by atoms with Gasteiger partial charge in [-0.05, 0) is 60.7 Å². The van der Waals surface area contributed by atoms with E-state index in [0.717, 1.165) is 66.1 Å². The Hall–Kier alpha value is -4.48. The molecule has 7 rings (SSSR count). The van der Waals surface area contributed by atoms with Gasteiger partial charge in [0.15, 0.2) is 0 Å². The van der Waals surface area contributed by atoms with Gasteiger partial charge in [-0.25, -0.2) is 4.79 Å². The second kappa shape index (κ2) is 11.5. The summed E-state index contributed by atoms with van der Waals surface area (Å²) in [5.41, 5.74) is 7.18. The second-order valence-electron chi connectivity index (χ2n) is 12.1. The molecule has 3 N–H and O–H groups in total. The van der Waals surface area contributed by atoms with E-state index < -0.39 is 17.6 Å². The minimum atomic E-state index is -5.08. The summed E-state index contributed by atoms with van der Waals surface area (Å²) in [5, 5.41) is 19.1. The number of H-pyrrole nitrogens is 1. The first-order chi connectivity index (χ1) is 21.4. The SMILES string of the molecule is CC(C)(c1ccc(C=Cc2n[nH]c3cc([C@@H]4C[C@@]45C(=O)Nc4ccccc45)ccc23)cc1)N1CCOCC1.O=C(O)C(F)(F)F. The third kappa shape index (κ3) is 5.73. The summed E-state index contributed by atoms with van der Waals surface area (Å²) >= 11 is 0. The Morgan fingerprint density at radius 3 is 2.42 bits per heavy atom. The number of carboxylic acids is 1. The first kappa shape index (κ1) is 30.5. The van der Waals surface area contributed by atoms with Crippen molar-refractivity contribution < 1.29 is 32.6 Å². The Balaban J connectivity index is 0.000000460. The van der Waals surface area contributed by atoms with E-state index in [1.807, 2.05) is 18.2 Å². The van der Waals surface area contributed by atoms with Gasteiger partial charge >= 0.3 is 12.1 Å². The van der Waals surface area contributed by atoms with Crippen LogP contribution in [0.1, 0.15) is 54.1 Å². The molecule has 2 aliphatic heterocycles. The van der Waals surface area contributed by atoms with E-state index in [2.05, 4.69) is 94.9 Å². The molecule has 3 aromatic carbocycles. The highest BCUT2D eigenvalue weighted by molar-refractivity contribution is 6.09. The summed E-state index contributed by atoms with van der Waals surface area (Å²) < 4.78 is 37.3. The van der Waals surface area contributed by atoms with Crippen molar-refractivity contribution in [1.29, 1.82) is 0 Å². The van der Waals surface area contributed by atoms with E-state index in [4.69, 9.17) is 14.6 Å². The van der Waals surface area contributed by atoms with Crippen LogP contribution >= 0.6 is 0 Å². The van der Waals surface area contributed by atoms with Crippen molar-refractivity contribution in [3.63, 3.8) is 0 Å². The van der Waals surface area contributed by atoms with Gasteiger partial charge in [0, 0.05) is 35.6 Å². The maximum absolute atomic E-state index is 12.9. The van der Waals surface area contributed by atoms with Crippen molar-refractivity contribution in [1.82, 2.24) is 15.1 Å². The number of carbonyl (C=O) groups excluding carboxylic acids is 1. The molecule has 1 aromatic heterocycles. The van der Waals surface area contributed by atoms with Crippen molar-refractivity contribution in [2.24, 2.45) is 0 Å². The number of para-hydroxylation sites is 1. The lowest BCUT2D eigenvalue weighted by atomic mass is 9.91. The van der Waals surface area contributed by atoms with Crippen molar-refractivity contribution in [2.75, 3.05) is 31.6 Å². The third-order valence-corrected chi connectivity index (χ3v) is 9.14. The highest BCUT2D eigenvalue weighted by Crippen LogP contribution is 2.65. The molecule has 1 spiro atoms. The summed E-state index contributed by atoms with van der Waals surface area (Å²) in [6, 6.07) is 23.3. The Labute approximate surface area is 257 Å². The minimum absolute atomic E-state index is 0.0243. The number of nitrogens with one attached hydrogen (secondary N) is 2. The molecule has 2 fully saturated rings. The molecular weight excluding hydrogens is 585 g/mol. The number of ether oxygens (including phenoxy) is 1. The van der Waals surface area contributed by atoms with Crippen LogP contribution in [0.3, 0.4) is 0 Å². The maximum Gasteiger partial charge on any atom is 0.490 e. The van der Waals surface area contributed by atoms with Gasteiger partial charge in [0.2, 0.25) is 5.91 Å². The minimum Gasteiger partial charge on any atom is -0.475 e. The second-order valence-corrected chi connectivity index (χ2v) is 12.1. The van der Waals surface area contributed by atoms with Crippen LogP contribution in [0.15, 0.2) is 66.7 Å². The number of nitrogens with zero attached hydrogens (tertiary/aromatic N) is 2. The number of aromatic amines is 1. The summed E-state index contributed by atoms with van der Waals surface area (Å²) in [7, 11) is 0.